The average Bonchev–Trinajstić information content (AvgIpc) is 3.03. The number of amides is 1. The molecule has 1 aliphatic carbocycles. The Balaban J connectivity index is 1.83. The van der Waals surface area contributed by atoms with Crippen molar-refractivity contribution in [1.29, 1.82) is 0 Å². The summed E-state index contributed by atoms with van der Waals surface area (Å²) in [6.07, 6.45) is 11.9. The Morgan fingerprint density at radius 3 is 2.96 bits per heavy atom. The lowest BCUT2D eigenvalue weighted by atomic mass is 9.85. The van der Waals surface area contributed by atoms with E-state index >= 15 is 0 Å². The largest absolute Gasteiger partial charge is 0.396 e. The van der Waals surface area contributed by atoms with Gasteiger partial charge in [0, 0.05) is 41.9 Å². The van der Waals surface area contributed by atoms with Gasteiger partial charge in [0.15, 0.2) is 5.69 Å². The Kier molecular flexibility index (Phi) is 6.76. The van der Waals surface area contributed by atoms with Crippen molar-refractivity contribution in [3.05, 3.63) is 28.9 Å². The summed E-state index contributed by atoms with van der Waals surface area (Å²) in [5, 5.41) is 18.6. The summed E-state index contributed by atoms with van der Waals surface area (Å²) in [5.41, 5.74) is 1.29. The monoisotopic (exact) mass is 387 g/mol. The van der Waals surface area contributed by atoms with E-state index in [0.29, 0.717) is 17.3 Å². The van der Waals surface area contributed by atoms with Crippen LogP contribution in [-0.2, 0) is 6.54 Å². The molecular weight excluding hydrogens is 362 g/mol. The third-order valence-electron chi connectivity index (χ3n) is 5.33. The highest BCUT2D eigenvalue weighted by Crippen LogP contribution is 2.26. The Morgan fingerprint density at radius 2 is 2.19 bits per heavy atom. The third-order valence-corrected chi connectivity index (χ3v) is 5.56. The molecule has 0 bridgehead atoms. The molecule has 5 nitrogen and oxygen atoms in total. The number of unbranched alkanes of at least 4 members (excludes halogenated alkanes) is 2. The van der Waals surface area contributed by atoms with E-state index in [1.807, 2.05) is 16.8 Å². The van der Waals surface area contributed by atoms with Crippen LogP contribution in [-0.4, -0.2) is 33.4 Å². The number of nitrogens with zero attached hydrogens (tertiary/aromatic N) is 2. The topological polar surface area (TPSA) is 67.2 Å². The van der Waals surface area contributed by atoms with Gasteiger partial charge in [0.05, 0.1) is 5.52 Å². The molecule has 0 spiro atoms. The van der Waals surface area contributed by atoms with Gasteiger partial charge >= 0.3 is 0 Å². The van der Waals surface area contributed by atoms with Crippen LogP contribution in [0.3, 0.4) is 0 Å². The lowest BCUT2D eigenvalue weighted by molar-refractivity contribution is 0.0868. The van der Waals surface area contributed by atoms with Gasteiger partial charge in [-0.15, -0.1) is 12.3 Å². The molecule has 1 fully saturated rings. The van der Waals surface area contributed by atoms with Crippen LogP contribution in [0.5, 0.6) is 0 Å². The Bertz CT molecular complexity index is 840. The first kappa shape index (κ1) is 19.7. The van der Waals surface area contributed by atoms with Gasteiger partial charge in [-0.05, 0) is 43.9 Å². The molecule has 2 aromatic rings. The number of terminal acetylenes is 1. The zero-order valence-electron chi connectivity index (χ0n) is 15.5. The normalized spacial score (nSPS) is 19.7. The Morgan fingerprint density at radius 1 is 1.37 bits per heavy atom. The maximum atomic E-state index is 13.0. The minimum absolute atomic E-state index is 0.00809. The standard InChI is InChI=1S/C21H26ClN3O2/c1-2-3-4-7-12-25-19-11-10-16(22)13-17(19)20(24-25)21(27)23-18-9-6-5-8-15(18)14-26/h1,10-11,13,15,18,26H,3-9,12,14H2,(H,23,27)/t15-,18?/m1/s1. The summed E-state index contributed by atoms with van der Waals surface area (Å²) in [7, 11) is 0. The molecule has 0 saturated heterocycles. The number of hydrogen-bond donors (Lipinski definition) is 2. The first-order valence-electron chi connectivity index (χ1n) is 9.65. The molecular formula is C21H26ClN3O2. The zero-order valence-corrected chi connectivity index (χ0v) is 16.2. The predicted octanol–water partition coefficient (Wildman–Crippen LogP) is 3.77. The summed E-state index contributed by atoms with van der Waals surface area (Å²) in [6.45, 7) is 0.803. The molecule has 3 rings (SSSR count). The fourth-order valence-electron chi connectivity index (χ4n) is 3.83. The average molecular weight is 388 g/mol. The van der Waals surface area contributed by atoms with Crippen molar-refractivity contribution in [2.45, 2.75) is 57.5 Å². The molecule has 27 heavy (non-hydrogen) atoms. The number of halogens is 1. The van der Waals surface area contributed by atoms with Crippen molar-refractivity contribution < 1.29 is 9.90 Å². The van der Waals surface area contributed by atoms with E-state index in [0.717, 1.165) is 55.8 Å². The van der Waals surface area contributed by atoms with Crippen molar-refractivity contribution in [3.63, 3.8) is 0 Å². The number of hydrogen-bond acceptors (Lipinski definition) is 3. The molecule has 1 aliphatic rings. The fraction of sp³-hybridized carbons (Fsp3) is 0.524. The van der Waals surface area contributed by atoms with Gasteiger partial charge in [0.25, 0.3) is 5.91 Å². The van der Waals surface area contributed by atoms with Gasteiger partial charge in [-0.2, -0.15) is 5.10 Å². The van der Waals surface area contributed by atoms with Crippen LogP contribution in [0.15, 0.2) is 18.2 Å². The summed E-state index contributed by atoms with van der Waals surface area (Å²) < 4.78 is 1.86. The maximum absolute atomic E-state index is 13.0. The molecule has 1 saturated carbocycles. The van der Waals surface area contributed by atoms with Crippen LogP contribution in [0.4, 0.5) is 0 Å². The number of fused-ring (bicyclic) bond motifs is 1. The summed E-state index contributed by atoms with van der Waals surface area (Å²) in [5.74, 6) is 2.56. The van der Waals surface area contributed by atoms with Crippen LogP contribution < -0.4 is 5.32 Å². The number of benzene rings is 1. The van der Waals surface area contributed by atoms with Crippen LogP contribution >= 0.6 is 11.6 Å². The van der Waals surface area contributed by atoms with E-state index in [9.17, 15) is 9.90 Å². The number of nitrogens with one attached hydrogen (secondary N) is 1. The van der Waals surface area contributed by atoms with Crippen LogP contribution in [0.25, 0.3) is 10.9 Å². The highest BCUT2D eigenvalue weighted by Gasteiger charge is 2.28. The second-order valence-electron chi connectivity index (χ2n) is 7.20. The number of carbonyl (C=O) groups excluding carboxylic acids is 1. The van der Waals surface area contributed by atoms with E-state index in [4.69, 9.17) is 18.0 Å². The quantitative estimate of drug-likeness (QED) is 0.561. The first-order chi connectivity index (χ1) is 13.1. The number of aliphatic hydroxyl groups excluding tert-OH is 1. The highest BCUT2D eigenvalue weighted by molar-refractivity contribution is 6.31. The molecule has 0 radical (unpaired) electrons. The second kappa shape index (κ2) is 9.25. The number of aromatic nitrogens is 2. The second-order valence-corrected chi connectivity index (χ2v) is 7.64. The van der Waals surface area contributed by atoms with Crippen molar-refractivity contribution in [1.82, 2.24) is 15.1 Å². The van der Waals surface area contributed by atoms with E-state index in [1.165, 1.54) is 0 Å². The third kappa shape index (κ3) is 4.63. The van der Waals surface area contributed by atoms with Gasteiger partial charge in [-0.3, -0.25) is 9.48 Å². The van der Waals surface area contributed by atoms with Crippen molar-refractivity contribution in [2.24, 2.45) is 5.92 Å². The van der Waals surface area contributed by atoms with Gasteiger partial charge in [0.1, 0.15) is 0 Å². The number of aryl methyl sites for hydroxylation is 1. The lowest BCUT2D eigenvalue weighted by Crippen LogP contribution is -2.43. The fourth-order valence-corrected chi connectivity index (χ4v) is 4.00. The molecule has 1 unspecified atom stereocenters. The van der Waals surface area contributed by atoms with Gasteiger partial charge in [-0.25, -0.2) is 0 Å². The molecule has 2 atom stereocenters. The van der Waals surface area contributed by atoms with Crippen LogP contribution in [0, 0.1) is 18.3 Å². The molecule has 1 aromatic carbocycles. The maximum Gasteiger partial charge on any atom is 0.272 e. The van der Waals surface area contributed by atoms with E-state index < -0.39 is 0 Å². The SMILES string of the molecule is C#CCCCCn1nc(C(=O)NC2CCCC[C@@H]2CO)c2cc(Cl)ccc21. The molecule has 6 heteroatoms. The smallest absolute Gasteiger partial charge is 0.272 e. The van der Waals surface area contributed by atoms with Gasteiger partial charge in [-0.1, -0.05) is 24.4 Å². The summed E-state index contributed by atoms with van der Waals surface area (Å²) in [4.78, 5) is 13.0. The van der Waals surface area contributed by atoms with Crippen molar-refractivity contribution in [2.75, 3.05) is 6.61 Å². The minimum atomic E-state index is -0.199. The number of carbonyl (C=O) groups is 1. The van der Waals surface area contributed by atoms with Gasteiger partial charge < -0.3 is 10.4 Å². The van der Waals surface area contributed by atoms with E-state index in [1.54, 1.807) is 6.07 Å². The molecule has 144 valence electrons. The van der Waals surface area contributed by atoms with Crippen LogP contribution in [0.1, 0.15) is 55.4 Å². The summed E-state index contributed by atoms with van der Waals surface area (Å²) >= 11 is 6.16. The lowest BCUT2D eigenvalue weighted by Gasteiger charge is -2.30. The molecule has 2 N–H and O–H groups in total. The number of aliphatic hydroxyl groups is 1. The Labute approximate surface area is 165 Å². The predicted molar refractivity (Wildman–Crippen MR) is 108 cm³/mol. The Hall–Kier alpha value is -2.03. The zero-order chi connectivity index (χ0) is 19.2. The first-order valence-corrected chi connectivity index (χ1v) is 10.0. The number of rotatable bonds is 7. The van der Waals surface area contributed by atoms with Crippen LogP contribution in [0.2, 0.25) is 5.02 Å². The highest BCUT2D eigenvalue weighted by atomic mass is 35.5. The minimum Gasteiger partial charge on any atom is -0.396 e. The van der Waals surface area contributed by atoms with Gasteiger partial charge in [0.2, 0.25) is 0 Å². The molecule has 1 amide bonds. The van der Waals surface area contributed by atoms with E-state index in [2.05, 4.69) is 16.3 Å². The van der Waals surface area contributed by atoms with Crippen molar-refractivity contribution >= 4 is 28.4 Å². The summed E-state index contributed by atoms with van der Waals surface area (Å²) in [6, 6.07) is 5.50. The molecule has 1 heterocycles. The van der Waals surface area contributed by atoms with Crippen molar-refractivity contribution in [3.8, 4) is 12.3 Å². The molecule has 1 aromatic heterocycles. The van der Waals surface area contributed by atoms with E-state index in [-0.39, 0.29) is 24.5 Å². The molecule has 0 aliphatic heterocycles.